The summed E-state index contributed by atoms with van der Waals surface area (Å²) in [7, 11) is 0. The molecule has 112 valence electrons. The second kappa shape index (κ2) is 6.31. The molecule has 2 aromatic carbocycles. The molecule has 0 spiro atoms. The van der Waals surface area contributed by atoms with Crippen molar-refractivity contribution in [2.75, 3.05) is 6.61 Å². The fraction of sp³-hybridized carbons (Fsp3) is 0.316. The molecule has 2 aromatic rings. The van der Waals surface area contributed by atoms with Crippen LogP contribution in [-0.4, -0.2) is 17.3 Å². The number of hydrogen-bond acceptors (Lipinski definition) is 3. The first-order valence-electron chi connectivity index (χ1n) is 7.69. The third-order valence-corrected chi connectivity index (χ3v) is 4.64. The van der Waals surface area contributed by atoms with Crippen molar-refractivity contribution in [3.63, 3.8) is 0 Å². The van der Waals surface area contributed by atoms with Crippen LogP contribution in [0.3, 0.4) is 0 Å². The maximum absolute atomic E-state index is 9.77. The Morgan fingerprint density at radius 3 is 2.27 bits per heavy atom. The Hall–Kier alpha value is -2.15. The number of hydrogen-bond donors (Lipinski definition) is 2. The first kappa shape index (κ1) is 14.8. The Morgan fingerprint density at radius 2 is 1.77 bits per heavy atom. The Kier molecular flexibility index (Phi) is 4.24. The van der Waals surface area contributed by atoms with Crippen molar-refractivity contribution in [1.82, 2.24) is 5.32 Å². The van der Waals surface area contributed by atoms with E-state index >= 15 is 0 Å². The van der Waals surface area contributed by atoms with Gasteiger partial charge in [-0.2, -0.15) is 5.26 Å². The molecule has 0 aromatic heterocycles. The quantitative estimate of drug-likeness (QED) is 0.890. The first-order valence-corrected chi connectivity index (χ1v) is 7.69. The molecule has 1 saturated carbocycles. The van der Waals surface area contributed by atoms with Crippen molar-refractivity contribution in [3.8, 4) is 6.07 Å². The molecule has 0 bridgehead atoms. The van der Waals surface area contributed by atoms with Crippen LogP contribution in [0.25, 0.3) is 0 Å². The van der Waals surface area contributed by atoms with Gasteiger partial charge in [-0.05, 0) is 24.0 Å². The molecule has 2 N–H and O–H groups in total. The average Bonchev–Trinajstić information content (AvgIpc) is 2.57. The van der Waals surface area contributed by atoms with Crippen LogP contribution in [0.4, 0.5) is 0 Å². The normalized spacial score (nSPS) is 25.0. The molecule has 0 radical (unpaired) electrons. The zero-order valence-corrected chi connectivity index (χ0v) is 12.4. The monoisotopic (exact) mass is 292 g/mol. The van der Waals surface area contributed by atoms with Crippen LogP contribution in [0.1, 0.15) is 35.9 Å². The number of nitrogens with zero attached hydrogens (tertiary/aromatic N) is 1. The van der Waals surface area contributed by atoms with Gasteiger partial charge in [0.1, 0.15) is 5.54 Å². The zero-order valence-electron chi connectivity index (χ0n) is 12.4. The van der Waals surface area contributed by atoms with Gasteiger partial charge in [0.05, 0.1) is 18.7 Å². The molecule has 0 unspecified atom stereocenters. The molecule has 0 saturated heterocycles. The van der Waals surface area contributed by atoms with Crippen LogP contribution < -0.4 is 5.32 Å². The summed E-state index contributed by atoms with van der Waals surface area (Å²) in [6.45, 7) is -0.0189. The van der Waals surface area contributed by atoms with E-state index < -0.39 is 5.54 Å². The lowest BCUT2D eigenvalue weighted by atomic mass is 9.64. The molecule has 1 aliphatic carbocycles. The molecule has 1 fully saturated rings. The third kappa shape index (κ3) is 2.64. The number of nitriles is 1. The largest absolute Gasteiger partial charge is 0.394 e. The molecular formula is C19H20N2O. The molecule has 1 aliphatic rings. The van der Waals surface area contributed by atoms with E-state index in [2.05, 4.69) is 23.5 Å². The Morgan fingerprint density at radius 1 is 1.14 bits per heavy atom. The van der Waals surface area contributed by atoms with Gasteiger partial charge in [0.25, 0.3) is 0 Å². The standard InChI is InChI=1S/C19H20N2O/c20-14-19(12-11-17(19)15-7-3-1-4-8-15)21-18(13-22)16-9-5-2-6-10-16/h1-10,17-18,21-22H,11-13H2/t17-,18+,19+/m1/s1. The van der Waals surface area contributed by atoms with Crippen LogP contribution in [-0.2, 0) is 0 Å². The second-order valence-corrected chi connectivity index (χ2v) is 5.88. The van der Waals surface area contributed by atoms with E-state index in [1.807, 2.05) is 48.5 Å². The summed E-state index contributed by atoms with van der Waals surface area (Å²) in [5.74, 6) is 0.177. The number of nitrogens with one attached hydrogen (secondary N) is 1. The van der Waals surface area contributed by atoms with E-state index in [1.54, 1.807) is 0 Å². The highest BCUT2D eigenvalue weighted by Gasteiger charge is 2.49. The minimum Gasteiger partial charge on any atom is -0.394 e. The van der Waals surface area contributed by atoms with E-state index in [-0.39, 0.29) is 18.6 Å². The lowest BCUT2D eigenvalue weighted by molar-refractivity contribution is 0.149. The van der Waals surface area contributed by atoms with Crippen molar-refractivity contribution < 1.29 is 5.11 Å². The molecule has 22 heavy (non-hydrogen) atoms. The number of aliphatic hydroxyl groups excluding tert-OH is 1. The molecule has 0 heterocycles. The topological polar surface area (TPSA) is 56.0 Å². The van der Waals surface area contributed by atoms with Crippen molar-refractivity contribution in [1.29, 1.82) is 5.26 Å². The smallest absolute Gasteiger partial charge is 0.114 e. The molecular weight excluding hydrogens is 272 g/mol. The summed E-state index contributed by atoms with van der Waals surface area (Å²) in [5.41, 5.74) is 1.61. The van der Waals surface area contributed by atoms with Gasteiger partial charge in [0, 0.05) is 5.92 Å². The van der Waals surface area contributed by atoms with Gasteiger partial charge in [-0.25, -0.2) is 0 Å². The highest BCUT2D eigenvalue weighted by Crippen LogP contribution is 2.46. The predicted octanol–water partition coefficient (Wildman–Crippen LogP) is 3.15. The Balaban J connectivity index is 1.84. The van der Waals surface area contributed by atoms with E-state index in [4.69, 9.17) is 0 Å². The van der Waals surface area contributed by atoms with Gasteiger partial charge < -0.3 is 5.11 Å². The number of rotatable bonds is 5. The zero-order chi connectivity index (χ0) is 15.4. The number of benzene rings is 2. The molecule has 0 aliphatic heterocycles. The minimum absolute atomic E-state index is 0.0189. The van der Waals surface area contributed by atoms with E-state index in [0.717, 1.165) is 18.4 Å². The fourth-order valence-electron chi connectivity index (χ4n) is 3.28. The maximum atomic E-state index is 9.77. The summed E-state index contributed by atoms with van der Waals surface area (Å²) in [4.78, 5) is 0. The molecule has 3 rings (SSSR count). The number of aliphatic hydroxyl groups is 1. The first-order chi connectivity index (χ1) is 10.8. The van der Waals surface area contributed by atoms with Crippen LogP contribution >= 0.6 is 0 Å². The maximum Gasteiger partial charge on any atom is 0.114 e. The van der Waals surface area contributed by atoms with Crippen molar-refractivity contribution >= 4 is 0 Å². The van der Waals surface area contributed by atoms with E-state index in [1.165, 1.54) is 5.56 Å². The summed E-state index contributed by atoms with van der Waals surface area (Å²) >= 11 is 0. The van der Waals surface area contributed by atoms with Crippen LogP contribution in [0.2, 0.25) is 0 Å². The van der Waals surface area contributed by atoms with Crippen molar-refractivity contribution in [2.45, 2.75) is 30.3 Å². The predicted molar refractivity (Wildman–Crippen MR) is 86.2 cm³/mol. The molecule has 0 amide bonds. The van der Waals surface area contributed by atoms with Gasteiger partial charge in [0.2, 0.25) is 0 Å². The Labute approximate surface area is 131 Å². The third-order valence-electron chi connectivity index (χ3n) is 4.64. The molecule has 3 nitrogen and oxygen atoms in total. The van der Waals surface area contributed by atoms with Crippen LogP contribution in [0.5, 0.6) is 0 Å². The van der Waals surface area contributed by atoms with Gasteiger partial charge >= 0.3 is 0 Å². The Bertz CT molecular complexity index is 650. The van der Waals surface area contributed by atoms with Gasteiger partial charge in [-0.3, -0.25) is 5.32 Å². The van der Waals surface area contributed by atoms with Gasteiger partial charge in [0.15, 0.2) is 0 Å². The van der Waals surface area contributed by atoms with Crippen molar-refractivity contribution in [3.05, 3.63) is 71.8 Å². The van der Waals surface area contributed by atoms with Gasteiger partial charge in [-0.1, -0.05) is 60.7 Å². The lowest BCUT2D eigenvalue weighted by Gasteiger charge is -2.47. The lowest BCUT2D eigenvalue weighted by Crippen LogP contribution is -2.57. The highest BCUT2D eigenvalue weighted by molar-refractivity contribution is 5.35. The molecule has 3 heteroatoms. The van der Waals surface area contributed by atoms with Crippen LogP contribution in [0.15, 0.2) is 60.7 Å². The van der Waals surface area contributed by atoms with Crippen LogP contribution in [0, 0.1) is 11.3 Å². The SMILES string of the molecule is N#C[C@@]1(N[C@@H](CO)c2ccccc2)CC[C@@H]1c1ccccc1. The van der Waals surface area contributed by atoms with E-state index in [0.29, 0.717) is 0 Å². The summed E-state index contributed by atoms with van der Waals surface area (Å²) in [6, 6.07) is 22.2. The minimum atomic E-state index is -0.593. The summed E-state index contributed by atoms with van der Waals surface area (Å²) in [6.07, 6.45) is 1.81. The average molecular weight is 292 g/mol. The van der Waals surface area contributed by atoms with Crippen molar-refractivity contribution in [2.24, 2.45) is 0 Å². The fourth-order valence-corrected chi connectivity index (χ4v) is 3.28. The molecule has 3 atom stereocenters. The second-order valence-electron chi connectivity index (χ2n) is 5.88. The highest BCUT2D eigenvalue weighted by atomic mass is 16.3. The van der Waals surface area contributed by atoms with Gasteiger partial charge in [-0.15, -0.1) is 0 Å². The van der Waals surface area contributed by atoms with E-state index in [9.17, 15) is 10.4 Å². The summed E-state index contributed by atoms with van der Waals surface area (Å²) in [5, 5.41) is 22.9. The summed E-state index contributed by atoms with van der Waals surface area (Å²) < 4.78 is 0.